The smallest absolute Gasteiger partial charge is 0.209 e. The molecule has 1 unspecified atom stereocenters. The van der Waals surface area contributed by atoms with Crippen molar-refractivity contribution in [3.05, 3.63) is 34.9 Å². The van der Waals surface area contributed by atoms with Crippen molar-refractivity contribution in [2.24, 2.45) is 0 Å². The lowest BCUT2D eigenvalue weighted by molar-refractivity contribution is 0.0912. The summed E-state index contributed by atoms with van der Waals surface area (Å²) in [6.45, 7) is 5.44. The van der Waals surface area contributed by atoms with E-state index in [1.807, 2.05) is 32.0 Å². The molecule has 6 nitrogen and oxygen atoms in total. The number of benzene rings is 1. The lowest BCUT2D eigenvalue weighted by Gasteiger charge is -2.10. The Morgan fingerprint density at radius 1 is 1.43 bits per heavy atom. The number of ether oxygens (including phenoxy) is 1. The third-order valence-corrected chi connectivity index (χ3v) is 4.87. The second-order valence-corrected chi connectivity index (χ2v) is 6.75. The quantitative estimate of drug-likeness (QED) is 0.598. The van der Waals surface area contributed by atoms with Crippen molar-refractivity contribution in [3.8, 4) is 0 Å². The third kappa shape index (κ3) is 3.97. The minimum absolute atomic E-state index is 0.0965. The van der Waals surface area contributed by atoms with Crippen LogP contribution < -0.4 is 0 Å². The van der Waals surface area contributed by atoms with Gasteiger partial charge in [-0.2, -0.15) is 0 Å². The van der Waals surface area contributed by atoms with Gasteiger partial charge in [-0.25, -0.2) is 4.68 Å². The van der Waals surface area contributed by atoms with Crippen LogP contribution in [0.5, 0.6) is 0 Å². The maximum absolute atomic E-state index is 12.4. The second kappa shape index (κ2) is 7.23. The molecule has 3 rings (SSSR count). The van der Waals surface area contributed by atoms with E-state index in [1.54, 1.807) is 4.68 Å². The highest BCUT2D eigenvalue weighted by molar-refractivity contribution is 7.99. The van der Waals surface area contributed by atoms with Gasteiger partial charge < -0.3 is 4.74 Å². The molecule has 1 fully saturated rings. The van der Waals surface area contributed by atoms with E-state index in [0.717, 1.165) is 36.1 Å². The van der Waals surface area contributed by atoms with Gasteiger partial charge in [0.15, 0.2) is 5.78 Å². The first-order valence-electron chi connectivity index (χ1n) is 7.74. The van der Waals surface area contributed by atoms with E-state index < -0.39 is 0 Å². The number of aromatic nitrogens is 4. The van der Waals surface area contributed by atoms with Gasteiger partial charge in [0.05, 0.1) is 18.4 Å². The Balaban J connectivity index is 1.62. The molecule has 2 heterocycles. The molecule has 0 N–H and O–H groups in total. The van der Waals surface area contributed by atoms with Gasteiger partial charge in [0, 0.05) is 12.2 Å². The normalized spacial score (nSPS) is 17.6. The average molecular weight is 332 g/mol. The van der Waals surface area contributed by atoms with Crippen molar-refractivity contribution >= 4 is 17.5 Å². The molecule has 1 aliphatic rings. The van der Waals surface area contributed by atoms with Crippen LogP contribution in [0.3, 0.4) is 0 Å². The maximum Gasteiger partial charge on any atom is 0.209 e. The van der Waals surface area contributed by atoms with E-state index in [9.17, 15) is 4.79 Å². The number of rotatable bonds is 6. The van der Waals surface area contributed by atoms with E-state index in [0.29, 0.717) is 17.5 Å². The Labute approximate surface area is 139 Å². The minimum Gasteiger partial charge on any atom is -0.376 e. The van der Waals surface area contributed by atoms with Crippen molar-refractivity contribution in [2.45, 2.75) is 44.5 Å². The molecule has 0 saturated carbocycles. The Morgan fingerprint density at radius 3 is 3.04 bits per heavy atom. The van der Waals surface area contributed by atoms with E-state index >= 15 is 0 Å². The molecular formula is C16H20N4O2S. The summed E-state index contributed by atoms with van der Waals surface area (Å²) in [5.41, 5.74) is 2.93. The summed E-state index contributed by atoms with van der Waals surface area (Å²) in [4.78, 5) is 12.4. The summed E-state index contributed by atoms with van der Waals surface area (Å²) in [6, 6.07) is 5.88. The van der Waals surface area contributed by atoms with Gasteiger partial charge >= 0.3 is 0 Å². The molecule has 1 aromatic carbocycles. The van der Waals surface area contributed by atoms with Gasteiger partial charge in [-0.1, -0.05) is 35.5 Å². The molecule has 1 atom stereocenters. The van der Waals surface area contributed by atoms with Crippen LogP contribution in [0.1, 0.15) is 34.3 Å². The largest absolute Gasteiger partial charge is 0.376 e. The fourth-order valence-electron chi connectivity index (χ4n) is 2.73. The first kappa shape index (κ1) is 16.1. The van der Waals surface area contributed by atoms with Gasteiger partial charge in [0.2, 0.25) is 5.16 Å². The zero-order valence-corrected chi connectivity index (χ0v) is 14.2. The maximum atomic E-state index is 12.4. The molecule has 1 aliphatic heterocycles. The van der Waals surface area contributed by atoms with Crippen LogP contribution in [0.4, 0.5) is 0 Å². The monoisotopic (exact) mass is 332 g/mol. The standard InChI is InChI=1S/C16H20N4O2S/c1-11-5-6-14(12(2)8-11)15(21)10-23-16-17-18-19-20(16)9-13-4-3-7-22-13/h5-6,8,13H,3-4,7,9-10H2,1-2H3. The molecule has 0 aliphatic carbocycles. The average Bonchev–Trinajstić information content (AvgIpc) is 3.17. The van der Waals surface area contributed by atoms with E-state index in [-0.39, 0.29) is 11.9 Å². The Bertz CT molecular complexity index is 695. The van der Waals surface area contributed by atoms with Crippen LogP contribution >= 0.6 is 11.8 Å². The van der Waals surface area contributed by atoms with Gasteiger partial charge in [-0.05, 0) is 42.7 Å². The van der Waals surface area contributed by atoms with Gasteiger partial charge in [0.25, 0.3) is 0 Å². The molecular weight excluding hydrogens is 312 g/mol. The zero-order valence-electron chi connectivity index (χ0n) is 13.4. The van der Waals surface area contributed by atoms with Crippen LogP contribution in [-0.2, 0) is 11.3 Å². The Hall–Kier alpha value is -1.73. The first-order valence-corrected chi connectivity index (χ1v) is 8.73. The molecule has 0 radical (unpaired) electrons. The molecule has 23 heavy (non-hydrogen) atoms. The Kier molecular flexibility index (Phi) is 5.07. The number of aryl methyl sites for hydroxylation is 2. The number of hydrogen-bond donors (Lipinski definition) is 0. The summed E-state index contributed by atoms with van der Waals surface area (Å²) in [6.07, 6.45) is 2.29. The topological polar surface area (TPSA) is 69.9 Å². The summed E-state index contributed by atoms with van der Waals surface area (Å²) in [7, 11) is 0. The minimum atomic E-state index is 0.0965. The molecule has 0 spiro atoms. The molecule has 0 amide bonds. The number of thioether (sulfide) groups is 1. The third-order valence-electron chi connectivity index (χ3n) is 3.91. The number of carbonyl (C=O) groups excluding carboxylic acids is 1. The van der Waals surface area contributed by atoms with Crippen LogP contribution in [0.25, 0.3) is 0 Å². The van der Waals surface area contributed by atoms with Gasteiger partial charge in [-0.15, -0.1) is 5.10 Å². The summed E-state index contributed by atoms with van der Waals surface area (Å²) in [5.74, 6) is 0.426. The number of nitrogens with zero attached hydrogens (tertiary/aromatic N) is 4. The SMILES string of the molecule is Cc1ccc(C(=O)CSc2nnnn2CC2CCCO2)c(C)c1. The molecule has 7 heteroatoms. The lowest BCUT2D eigenvalue weighted by Crippen LogP contribution is -2.17. The number of carbonyl (C=O) groups is 1. The van der Waals surface area contributed by atoms with Gasteiger partial charge in [0.1, 0.15) is 0 Å². The van der Waals surface area contributed by atoms with E-state index in [4.69, 9.17) is 4.74 Å². The van der Waals surface area contributed by atoms with Crippen molar-refractivity contribution < 1.29 is 9.53 Å². The number of Topliss-reactive ketones (excluding diaryl/α,β-unsaturated/α-hetero) is 1. The molecule has 1 aromatic heterocycles. The fraction of sp³-hybridized carbons (Fsp3) is 0.500. The summed E-state index contributed by atoms with van der Waals surface area (Å²) < 4.78 is 7.34. The second-order valence-electron chi connectivity index (χ2n) is 5.81. The first-order chi connectivity index (χ1) is 11.1. The molecule has 0 bridgehead atoms. The van der Waals surface area contributed by atoms with E-state index in [2.05, 4.69) is 15.5 Å². The van der Waals surface area contributed by atoms with Crippen molar-refractivity contribution in [1.82, 2.24) is 20.2 Å². The zero-order chi connectivity index (χ0) is 16.2. The van der Waals surface area contributed by atoms with Crippen molar-refractivity contribution in [3.63, 3.8) is 0 Å². The fourth-order valence-corrected chi connectivity index (χ4v) is 3.50. The lowest BCUT2D eigenvalue weighted by atomic mass is 10.0. The van der Waals surface area contributed by atoms with Crippen molar-refractivity contribution in [1.29, 1.82) is 0 Å². The van der Waals surface area contributed by atoms with Crippen molar-refractivity contribution in [2.75, 3.05) is 12.4 Å². The van der Waals surface area contributed by atoms with Crippen LogP contribution in [0.2, 0.25) is 0 Å². The summed E-state index contributed by atoms with van der Waals surface area (Å²) in [5, 5.41) is 12.4. The summed E-state index contributed by atoms with van der Waals surface area (Å²) >= 11 is 1.37. The molecule has 2 aromatic rings. The highest BCUT2D eigenvalue weighted by atomic mass is 32.2. The molecule has 1 saturated heterocycles. The van der Waals surface area contributed by atoms with Crippen LogP contribution in [0, 0.1) is 13.8 Å². The number of tetrazole rings is 1. The Morgan fingerprint density at radius 2 is 2.30 bits per heavy atom. The van der Waals surface area contributed by atoms with Crippen LogP contribution in [0.15, 0.2) is 23.4 Å². The van der Waals surface area contributed by atoms with Crippen LogP contribution in [-0.4, -0.2) is 44.5 Å². The number of ketones is 1. The molecule has 122 valence electrons. The van der Waals surface area contributed by atoms with Gasteiger partial charge in [-0.3, -0.25) is 4.79 Å². The van der Waals surface area contributed by atoms with E-state index in [1.165, 1.54) is 11.8 Å². The number of hydrogen-bond acceptors (Lipinski definition) is 6. The highest BCUT2D eigenvalue weighted by Gasteiger charge is 2.19. The highest BCUT2D eigenvalue weighted by Crippen LogP contribution is 2.20. The predicted molar refractivity (Wildman–Crippen MR) is 87.8 cm³/mol. The predicted octanol–water partition coefficient (Wildman–Crippen LogP) is 2.44.